The van der Waals surface area contributed by atoms with Crippen LogP contribution in [-0.4, -0.2) is 122 Å². The maximum absolute atomic E-state index is 13.5. The summed E-state index contributed by atoms with van der Waals surface area (Å²) in [7, 11) is 0. The van der Waals surface area contributed by atoms with Crippen molar-refractivity contribution in [2.45, 2.75) is 168 Å². The van der Waals surface area contributed by atoms with E-state index in [-0.39, 0.29) is 74.8 Å². The molecule has 8 N–H and O–H groups in total. The predicted molar refractivity (Wildman–Crippen MR) is 310 cm³/mol. The van der Waals surface area contributed by atoms with Crippen molar-refractivity contribution in [2.75, 3.05) is 39.5 Å². The first-order valence-electron chi connectivity index (χ1n) is 27.4. The third-order valence-electron chi connectivity index (χ3n) is 10.9. The minimum atomic E-state index is -0.968. The van der Waals surface area contributed by atoms with Crippen molar-refractivity contribution in [3.05, 3.63) is 131 Å². The Bertz CT molecular complexity index is 2320. The molecule has 0 spiro atoms. The molecule has 0 aliphatic rings. The van der Waals surface area contributed by atoms with Gasteiger partial charge in [-0.15, -0.1) is 0 Å². The van der Waals surface area contributed by atoms with Gasteiger partial charge in [0, 0.05) is 51.6 Å². The fourth-order valence-electron chi connectivity index (χ4n) is 7.59. The van der Waals surface area contributed by atoms with Gasteiger partial charge < -0.3 is 61.2 Å². The second-order valence-corrected chi connectivity index (χ2v) is 23.2. The first-order chi connectivity index (χ1) is 37.5. The van der Waals surface area contributed by atoms with Gasteiger partial charge in [-0.1, -0.05) is 84.9 Å². The number of amides is 4. The Hall–Kier alpha value is -6.86. The van der Waals surface area contributed by atoms with E-state index in [9.17, 15) is 28.8 Å². The zero-order valence-corrected chi connectivity index (χ0v) is 49.2. The van der Waals surface area contributed by atoms with E-state index in [2.05, 4.69) is 21.3 Å². The van der Waals surface area contributed by atoms with Gasteiger partial charge in [0.25, 0.3) is 0 Å². The number of carbonyl (C=O) groups excluding carboxylic acids is 6. The average Bonchev–Trinajstić information content (AvgIpc) is 3.36. The highest BCUT2D eigenvalue weighted by molar-refractivity contribution is 5.92. The van der Waals surface area contributed by atoms with Crippen molar-refractivity contribution >= 4 is 35.6 Å². The lowest BCUT2D eigenvalue weighted by Gasteiger charge is -2.27. The van der Waals surface area contributed by atoms with Crippen LogP contribution in [0.15, 0.2) is 109 Å². The highest BCUT2D eigenvalue weighted by Crippen LogP contribution is 2.22. The lowest BCUT2D eigenvalue weighted by Crippen LogP contribution is -2.54. The van der Waals surface area contributed by atoms with Crippen LogP contribution in [0.5, 0.6) is 11.5 Å². The van der Waals surface area contributed by atoms with Crippen LogP contribution in [0.25, 0.3) is 0 Å². The van der Waals surface area contributed by atoms with Crippen molar-refractivity contribution in [3.63, 3.8) is 0 Å². The summed E-state index contributed by atoms with van der Waals surface area (Å²) in [6, 6.07) is 29.7. The Balaban J connectivity index is 0.000000420. The van der Waals surface area contributed by atoms with E-state index in [1.54, 1.807) is 41.5 Å². The van der Waals surface area contributed by atoms with Crippen LogP contribution < -0.4 is 42.2 Å². The smallest absolute Gasteiger partial charge is 0.329 e. The van der Waals surface area contributed by atoms with Gasteiger partial charge in [-0.3, -0.25) is 19.2 Å². The number of ether oxygens (including phenoxy) is 6. The zero-order valence-electron chi connectivity index (χ0n) is 49.2. The number of nitrogens with one attached hydrogen (secondary N) is 4. The highest BCUT2D eigenvalue weighted by atomic mass is 16.6. The van der Waals surface area contributed by atoms with Crippen LogP contribution in [-0.2, 0) is 73.4 Å². The molecule has 4 aromatic rings. The second kappa shape index (κ2) is 33.0. The first-order valence-corrected chi connectivity index (χ1v) is 27.4. The number of rotatable bonds is 28. The summed E-state index contributed by atoms with van der Waals surface area (Å²) >= 11 is 0. The van der Waals surface area contributed by atoms with Crippen LogP contribution >= 0.6 is 0 Å². The summed E-state index contributed by atoms with van der Waals surface area (Å²) in [6.45, 7) is 24.2. The highest BCUT2D eigenvalue weighted by Gasteiger charge is 2.33. The molecule has 4 amide bonds. The topological polar surface area (TPSA) is 258 Å². The molecule has 0 saturated carbocycles. The molecule has 18 heteroatoms. The lowest BCUT2D eigenvalue weighted by molar-refractivity contribution is -0.159. The number of hydrogen-bond acceptors (Lipinski definition) is 14. The minimum absolute atomic E-state index is 0.0804. The molecule has 80 heavy (non-hydrogen) atoms. The SMILES string of the molecule is CC(C)(C)OC(=O)[C@@H](Cc1ccc(OC(C)(C)C)cc1)NC(=O)[C@H](Cc1ccccc1)NC(=O)CCOCCN.CC(C)(C)OC(=O)[C@H](Cc1ccc(OC(C)(C)C)cc1)NC(=O)[C@H](Cc1ccccc1)NC(=O)CCOCCN. The van der Waals surface area contributed by atoms with Crippen molar-refractivity contribution in [1.29, 1.82) is 0 Å². The third kappa shape index (κ3) is 29.4. The molecule has 18 nitrogen and oxygen atoms in total. The maximum atomic E-state index is 13.5. The number of benzene rings is 4. The van der Waals surface area contributed by atoms with E-state index in [1.165, 1.54) is 0 Å². The van der Waals surface area contributed by atoms with Crippen molar-refractivity contribution in [2.24, 2.45) is 11.5 Å². The van der Waals surface area contributed by atoms with E-state index >= 15 is 0 Å². The molecule has 0 aliphatic carbocycles. The molecule has 4 rings (SSSR count). The van der Waals surface area contributed by atoms with Gasteiger partial charge in [-0.05, 0) is 130 Å². The molecule has 0 aromatic heterocycles. The standard InChI is InChI=1S/2C31H45N3O6/c2*1-30(2,3)39-24-14-12-23(13-15-24)21-26(29(37)40-31(4,5)6)34-28(36)25(20-22-10-8-7-9-11-22)33-27(35)16-18-38-19-17-32/h2*7-15,25-26H,16-21,32H2,1-6H3,(H,33,35)(H,34,36)/t25-,26+;25-,26-/m00/s1. The predicted octanol–water partition coefficient (Wildman–Crippen LogP) is 6.65. The quantitative estimate of drug-likeness (QED) is 0.0257. The summed E-state index contributed by atoms with van der Waals surface area (Å²) < 4.78 is 33.6. The summed E-state index contributed by atoms with van der Waals surface area (Å²) in [5.74, 6) is -1.35. The fraction of sp³-hybridized carbons (Fsp3) is 0.516. The van der Waals surface area contributed by atoms with Crippen LogP contribution in [0.2, 0.25) is 0 Å². The van der Waals surface area contributed by atoms with Gasteiger partial charge in [0.05, 0.1) is 26.4 Å². The number of hydrogen-bond donors (Lipinski definition) is 6. The second-order valence-electron chi connectivity index (χ2n) is 23.2. The number of nitrogens with two attached hydrogens (primary N) is 2. The minimum Gasteiger partial charge on any atom is -0.488 e. The van der Waals surface area contributed by atoms with E-state index in [0.717, 1.165) is 22.3 Å². The van der Waals surface area contributed by atoms with Crippen LogP contribution in [0.1, 0.15) is 118 Å². The summed E-state index contributed by atoms with van der Waals surface area (Å²) in [4.78, 5) is 78.7. The van der Waals surface area contributed by atoms with Crippen molar-refractivity contribution in [3.8, 4) is 11.5 Å². The first kappa shape index (κ1) is 67.4. The average molecular weight is 1110 g/mol. The summed E-state index contributed by atoms with van der Waals surface area (Å²) in [5, 5.41) is 11.3. The number of esters is 2. The Kier molecular flexibility index (Phi) is 27.8. The summed E-state index contributed by atoms with van der Waals surface area (Å²) in [5.41, 5.74) is 12.0. The normalized spacial score (nSPS) is 13.2. The van der Waals surface area contributed by atoms with Crippen molar-refractivity contribution < 1.29 is 57.2 Å². The van der Waals surface area contributed by atoms with E-state index < -0.39 is 59.1 Å². The molecule has 0 radical (unpaired) electrons. The van der Waals surface area contributed by atoms with Crippen LogP contribution in [0, 0.1) is 0 Å². The molecule has 4 aromatic carbocycles. The largest absolute Gasteiger partial charge is 0.488 e. The molecule has 0 heterocycles. The van der Waals surface area contributed by atoms with Gasteiger partial charge in [0.2, 0.25) is 23.6 Å². The van der Waals surface area contributed by atoms with Gasteiger partial charge >= 0.3 is 11.9 Å². The molecule has 0 saturated heterocycles. The Morgan fingerprint density at radius 2 is 0.688 bits per heavy atom. The van der Waals surface area contributed by atoms with Crippen LogP contribution in [0.4, 0.5) is 0 Å². The van der Waals surface area contributed by atoms with Crippen molar-refractivity contribution in [1.82, 2.24) is 21.3 Å². The fourth-order valence-corrected chi connectivity index (χ4v) is 7.59. The monoisotopic (exact) mass is 1110 g/mol. The zero-order chi connectivity index (χ0) is 59.5. The van der Waals surface area contributed by atoms with Gasteiger partial charge in [-0.25, -0.2) is 9.59 Å². The lowest BCUT2D eigenvalue weighted by atomic mass is 10.0. The Labute approximate surface area is 474 Å². The molecule has 0 bridgehead atoms. The van der Waals surface area contributed by atoms with Gasteiger partial charge in [0.1, 0.15) is 58.1 Å². The Morgan fingerprint density at radius 3 is 0.975 bits per heavy atom. The summed E-state index contributed by atoms with van der Waals surface area (Å²) in [6.07, 6.45) is 1.07. The third-order valence-corrected chi connectivity index (χ3v) is 10.9. The number of carbonyl (C=O) groups is 6. The molecule has 0 unspecified atom stereocenters. The van der Waals surface area contributed by atoms with Gasteiger partial charge in [0.15, 0.2) is 0 Å². The van der Waals surface area contributed by atoms with Crippen LogP contribution in [0.3, 0.4) is 0 Å². The molecule has 440 valence electrons. The van der Waals surface area contributed by atoms with Gasteiger partial charge in [-0.2, -0.15) is 0 Å². The molecule has 0 fully saturated rings. The molecule has 4 atom stereocenters. The van der Waals surface area contributed by atoms with E-state index in [0.29, 0.717) is 37.8 Å². The molecular formula is C62H90N6O12. The molecule has 0 aliphatic heterocycles. The maximum Gasteiger partial charge on any atom is 0.329 e. The van der Waals surface area contributed by atoms with E-state index in [4.69, 9.17) is 39.9 Å². The Morgan fingerprint density at radius 1 is 0.388 bits per heavy atom. The van der Waals surface area contributed by atoms with E-state index in [1.807, 2.05) is 151 Å². The molecular weight excluding hydrogens is 1020 g/mol.